The van der Waals surface area contributed by atoms with E-state index >= 15 is 0 Å². The molecular weight excluding hydrogens is 398 g/mol. The van der Waals surface area contributed by atoms with E-state index in [4.69, 9.17) is 13.9 Å². The topological polar surface area (TPSA) is 103 Å². The SMILES string of the molecule is CCN(C(=O)COC(=O)c1ccc(COc2ccccc2)o1)C1CCS(=O)(=O)C1. The van der Waals surface area contributed by atoms with Crippen LogP contribution < -0.4 is 4.74 Å². The third kappa shape index (κ3) is 5.60. The molecule has 0 radical (unpaired) electrons. The molecular formula is C20H23NO7S. The largest absolute Gasteiger partial charge is 0.486 e. The molecule has 1 aromatic carbocycles. The van der Waals surface area contributed by atoms with Crippen molar-refractivity contribution in [2.75, 3.05) is 24.7 Å². The van der Waals surface area contributed by atoms with Gasteiger partial charge in [0.25, 0.3) is 5.91 Å². The molecule has 0 aliphatic carbocycles. The van der Waals surface area contributed by atoms with Crippen LogP contribution in [0.15, 0.2) is 46.9 Å². The molecule has 2 heterocycles. The first-order chi connectivity index (χ1) is 13.9. The summed E-state index contributed by atoms with van der Waals surface area (Å²) in [5.41, 5.74) is 0. The number of ether oxygens (including phenoxy) is 2. The molecule has 156 valence electrons. The Morgan fingerprint density at radius 2 is 1.93 bits per heavy atom. The molecule has 1 unspecified atom stereocenters. The number of furan rings is 1. The monoisotopic (exact) mass is 421 g/mol. The van der Waals surface area contributed by atoms with Gasteiger partial charge in [-0.25, -0.2) is 13.2 Å². The molecule has 1 aliphatic rings. The Morgan fingerprint density at radius 1 is 1.17 bits per heavy atom. The number of esters is 1. The summed E-state index contributed by atoms with van der Waals surface area (Å²) in [6.07, 6.45) is 0.402. The predicted octanol–water partition coefficient (Wildman–Crippen LogP) is 2.05. The van der Waals surface area contributed by atoms with E-state index < -0.39 is 28.3 Å². The van der Waals surface area contributed by atoms with E-state index in [1.54, 1.807) is 25.1 Å². The van der Waals surface area contributed by atoms with E-state index in [9.17, 15) is 18.0 Å². The molecule has 0 bridgehead atoms. The molecule has 2 aromatic rings. The molecule has 3 rings (SSSR count). The van der Waals surface area contributed by atoms with Gasteiger partial charge in [0, 0.05) is 12.6 Å². The van der Waals surface area contributed by atoms with Crippen molar-refractivity contribution < 1.29 is 31.9 Å². The van der Waals surface area contributed by atoms with Gasteiger partial charge in [-0.3, -0.25) is 4.79 Å². The molecule has 1 fully saturated rings. The highest BCUT2D eigenvalue weighted by Gasteiger charge is 2.34. The fourth-order valence-corrected chi connectivity index (χ4v) is 4.91. The molecule has 0 N–H and O–H groups in total. The van der Waals surface area contributed by atoms with E-state index in [0.717, 1.165) is 0 Å². The van der Waals surface area contributed by atoms with Crippen molar-refractivity contribution in [2.24, 2.45) is 0 Å². The second-order valence-corrected chi connectivity index (χ2v) is 8.91. The number of hydrogen-bond acceptors (Lipinski definition) is 7. The average Bonchev–Trinajstić information content (AvgIpc) is 3.32. The van der Waals surface area contributed by atoms with Crippen LogP contribution in [0.2, 0.25) is 0 Å². The molecule has 29 heavy (non-hydrogen) atoms. The van der Waals surface area contributed by atoms with E-state index in [1.165, 1.54) is 11.0 Å². The average molecular weight is 421 g/mol. The summed E-state index contributed by atoms with van der Waals surface area (Å²) >= 11 is 0. The standard InChI is InChI=1S/C20H23NO7S/c1-2-21(15-10-11-29(24,25)14-15)19(22)13-27-20(23)18-9-8-17(28-18)12-26-16-6-4-3-5-7-16/h3-9,15H,2,10-14H2,1H3. The summed E-state index contributed by atoms with van der Waals surface area (Å²) in [5.74, 6) is -0.0894. The van der Waals surface area contributed by atoms with Gasteiger partial charge in [-0.15, -0.1) is 0 Å². The summed E-state index contributed by atoms with van der Waals surface area (Å²) in [7, 11) is -3.11. The van der Waals surface area contributed by atoms with Gasteiger partial charge in [-0.2, -0.15) is 0 Å². The fraction of sp³-hybridized carbons (Fsp3) is 0.400. The Hall–Kier alpha value is -2.81. The maximum atomic E-state index is 12.4. The number of amides is 1. The first-order valence-electron chi connectivity index (χ1n) is 9.31. The normalized spacial score (nSPS) is 17.6. The zero-order chi connectivity index (χ0) is 20.9. The third-order valence-corrected chi connectivity index (χ3v) is 6.37. The highest BCUT2D eigenvalue weighted by molar-refractivity contribution is 7.91. The highest BCUT2D eigenvalue weighted by atomic mass is 32.2. The zero-order valence-electron chi connectivity index (χ0n) is 16.1. The molecule has 9 heteroatoms. The van der Waals surface area contributed by atoms with Crippen LogP contribution >= 0.6 is 0 Å². The Bertz CT molecular complexity index is 952. The molecule has 0 saturated carbocycles. The Morgan fingerprint density at radius 3 is 2.59 bits per heavy atom. The molecule has 1 aliphatic heterocycles. The second kappa shape index (κ2) is 9.13. The van der Waals surface area contributed by atoms with Crippen molar-refractivity contribution in [3.05, 3.63) is 54.0 Å². The Balaban J connectivity index is 1.50. The zero-order valence-corrected chi connectivity index (χ0v) is 16.9. The van der Waals surface area contributed by atoms with Crippen molar-refractivity contribution in [3.63, 3.8) is 0 Å². The summed E-state index contributed by atoms with van der Waals surface area (Å²) in [6.45, 7) is 1.78. The van der Waals surface area contributed by atoms with Crippen LogP contribution in [0.1, 0.15) is 29.7 Å². The van der Waals surface area contributed by atoms with Gasteiger partial charge < -0.3 is 18.8 Å². The number of rotatable bonds is 8. The number of carbonyl (C=O) groups is 2. The number of nitrogens with zero attached hydrogens (tertiary/aromatic N) is 1. The van der Waals surface area contributed by atoms with Gasteiger partial charge in [0.15, 0.2) is 16.4 Å². The first kappa shape index (κ1) is 20.9. The number of hydrogen-bond donors (Lipinski definition) is 0. The summed E-state index contributed by atoms with van der Waals surface area (Å²) < 4.78 is 39.3. The van der Waals surface area contributed by atoms with Gasteiger partial charge >= 0.3 is 5.97 Å². The fourth-order valence-electron chi connectivity index (χ4n) is 3.18. The van der Waals surface area contributed by atoms with Crippen molar-refractivity contribution in [3.8, 4) is 5.75 Å². The Labute approximate surface area is 169 Å². The van der Waals surface area contributed by atoms with Crippen molar-refractivity contribution in [2.45, 2.75) is 26.0 Å². The van der Waals surface area contributed by atoms with E-state index in [1.807, 2.05) is 18.2 Å². The Kier molecular flexibility index (Phi) is 6.58. The number of carbonyl (C=O) groups excluding carboxylic acids is 2. The number of likely N-dealkylation sites (N-methyl/N-ethyl adjacent to an activating group) is 1. The maximum absolute atomic E-state index is 12.4. The lowest BCUT2D eigenvalue weighted by molar-refractivity contribution is -0.136. The molecule has 1 aromatic heterocycles. The van der Waals surface area contributed by atoms with Crippen LogP contribution in [0.3, 0.4) is 0 Å². The molecule has 0 spiro atoms. The molecule has 8 nitrogen and oxygen atoms in total. The van der Waals surface area contributed by atoms with Crippen LogP contribution in [0.25, 0.3) is 0 Å². The lowest BCUT2D eigenvalue weighted by Gasteiger charge is -2.26. The minimum Gasteiger partial charge on any atom is -0.486 e. The van der Waals surface area contributed by atoms with Crippen molar-refractivity contribution in [1.82, 2.24) is 4.90 Å². The number of sulfone groups is 1. The van der Waals surface area contributed by atoms with Gasteiger partial charge in [-0.05, 0) is 37.6 Å². The highest BCUT2D eigenvalue weighted by Crippen LogP contribution is 2.18. The van der Waals surface area contributed by atoms with Gasteiger partial charge in [-0.1, -0.05) is 18.2 Å². The van der Waals surface area contributed by atoms with Crippen LogP contribution in [0, 0.1) is 0 Å². The summed E-state index contributed by atoms with van der Waals surface area (Å²) in [6, 6.07) is 11.9. The van der Waals surface area contributed by atoms with Crippen LogP contribution in [0.5, 0.6) is 5.75 Å². The minimum atomic E-state index is -3.11. The molecule has 1 amide bonds. The third-order valence-electron chi connectivity index (χ3n) is 4.62. The van der Waals surface area contributed by atoms with Gasteiger partial charge in [0.05, 0.1) is 11.5 Å². The van der Waals surface area contributed by atoms with Gasteiger partial charge in [0.1, 0.15) is 18.1 Å². The smallest absolute Gasteiger partial charge is 0.374 e. The summed E-state index contributed by atoms with van der Waals surface area (Å²) in [5, 5.41) is 0. The number of benzene rings is 1. The lowest BCUT2D eigenvalue weighted by atomic mass is 10.2. The second-order valence-electron chi connectivity index (χ2n) is 6.68. The lowest BCUT2D eigenvalue weighted by Crippen LogP contribution is -2.43. The van der Waals surface area contributed by atoms with E-state index in [-0.39, 0.29) is 29.9 Å². The molecule has 1 saturated heterocycles. The van der Waals surface area contributed by atoms with Crippen molar-refractivity contribution in [1.29, 1.82) is 0 Å². The quantitative estimate of drug-likeness (QED) is 0.601. The summed E-state index contributed by atoms with van der Waals surface area (Å²) in [4.78, 5) is 26.0. The predicted molar refractivity (Wildman–Crippen MR) is 104 cm³/mol. The van der Waals surface area contributed by atoms with E-state index in [2.05, 4.69) is 0 Å². The first-order valence-corrected chi connectivity index (χ1v) is 11.1. The van der Waals surface area contributed by atoms with Crippen LogP contribution in [-0.4, -0.2) is 55.9 Å². The van der Waals surface area contributed by atoms with Gasteiger partial charge in [0.2, 0.25) is 5.76 Å². The minimum absolute atomic E-state index is 0.0315. The molecule has 1 atom stereocenters. The van der Waals surface area contributed by atoms with Crippen molar-refractivity contribution >= 4 is 21.7 Å². The number of para-hydroxylation sites is 1. The van der Waals surface area contributed by atoms with E-state index in [0.29, 0.717) is 24.5 Å². The maximum Gasteiger partial charge on any atom is 0.374 e. The van der Waals surface area contributed by atoms with Crippen LogP contribution in [0.4, 0.5) is 0 Å². The van der Waals surface area contributed by atoms with Crippen LogP contribution in [-0.2, 0) is 26.0 Å².